The predicted octanol–water partition coefficient (Wildman–Crippen LogP) is 1.06. The lowest BCUT2D eigenvalue weighted by molar-refractivity contribution is -0.153. The van der Waals surface area contributed by atoms with Crippen molar-refractivity contribution in [1.82, 2.24) is 20.1 Å². The van der Waals surface area contributed by atoms with E-state index in [-0.39, 0.29) is 30.6 Å². The van der Waals surface area contributed by atoms with E-state index in [9.17, 15) is 9.59 Å². The molecule has 0 unspecified atom stereocenters. The number of nitrogens with one attached hydrogen (secondary N) is 1. The van der Waals surface area contributed by atoms with Crippen LogP contribution in [0.5, 0.6) is 5.88 Å². The summed E-state index contributed by atoms with van der Waals surface area (Å²) in [5.74, 6) is 0.101. The van der Waals surface area contributed by atoms with Crippen molar-refractivity contribution in [3.05, 3.63) is 23.9 Å². The highest BCUT2D eigenvalue weighted by molar-refractivity contribution is 5.96. The summed E-state index contributed by atoms with van der Waals surface area (Å²) < 4.78 is 10.8. The second kappa shape index (κ2) is 9.09. The van der Waals surface area contributed by atoms with Gasteiger partial charge in [0.1, 0.15) is 12.2 Å². The number of morpholine rings is 1. The number of hydrogen-bond donors (Lipinski definition) is 1. The van der Waals surface area contributed by atoms with Crippen LogP contribution in [-0.2, 0) is 9.53 Å². The monoisotopic (exact) mass is 402 g/mol. The molecule has 1 aromatic rings. The van der Waals surface area contributed by atoms with Gasteiger partial charge in [-0.15, -0.1) is 0 Å². The van der Waals surface area contributed by atoms with Gasteiger partial charge in [-0.25, -0.2) is 4.98 Å². The van der Waals surface area contributed by atoms with Crippen molar-refractivity contribution in [2.75, 3.05) is 39.9 Å². The number of likely N-dealkylation sites (tertiary alicyclic amines) is 1. The Hall–Kier alpha value is -2.19. The predicted molar refractivity (Wildman–Crippen MR) is 107 cm³/mol. The third kappa shape index (κ3) is 4.53. The van der Waals surface area contributed by atoms with Gasteiger partial charge in [-0.1, -0.05) is 6.42 Å². The van der Waals surface area contributed by atoms with Gasteiger partial charge in [-0.05, 0) is 37.8 Å². The normalized spacial score (nSPS) is 24.2. The van der Waals surface area contributed by atoms with E-state index in [1.54, 1.807) is 18.3 Å². The fourth-order valence-electron chi connectivity index (χ4n) is 4.46. The second-order valence-electron chi connectivity index (χ2n) is 8.10. The maximum Gasteiger partial charge on any atom is 0.256 e. The van der Waals surface area contributed by atoms with Crippen LogP contribution < -0.4 is 10.1 Å². The lowest BCUT2D eigenvalue weighted by Gasteiger charge is -2.45. The summed E-state index contributed by atoms with van der Waals surface area (Å²) in [5.41, 5.74) is 0.391. The molecule has 158 valence electrons. The van der Waals surface area contributed by atoms with E-state index in [2.05, 4.69) is 15.2 Å². The maximum absolute atomic E-state index is 12.5. The lowest BCUT2D eigenvalue weighted by atomic mass is 9.89. The maximum atomic E-state index is 12.5. The molecule has 8 heteroatoms. The number of carbonyl (C=O) groups excluding carboxylic acids is 2. The van der Waals surface area contributed by atoms with Crippen LogP contribution in [0.15, 0.2) is 18.3 Å². The van der Waals surface area contributed by atoms with Gasteiger partial charge in [0, 0.05) is 44.5 Å². The van der Waals surface area contributed by atoms with Crippen molar-refractivity contribution in [3.8, 4) is 5.88 Å². The molecule has 3 aliphatic rings. The fourth-order valence-corrected chi connectivity index (χ4v) is 4.46. The van der Waals surface area contributed by atoms with E-state index in [0.29, 0.717) is 24.5 Å². The molecule has 1 saturated carbocycles. The minimum atomic E-state index is -0.254. The first-order chi connectivity index (χ1) is 14.2. The summed E-state index contributed by atoms with van der Waals surface area (Å²) in [6.45, 7) is 3.10. The Morgan fingerprint density at radius 2 is 2.07 bits per heavy atom. The highest BCUT2D eigenvalue weighted by Crippen LogP contribution is 2.29. The molecular weight excluding hydrogens is 372 g/mol. The number of amides is 2. The van der Waals surface area contributed by atoms with Crippen molar-refractivity contribution in [1.29, 1.82) is 0 Å². The summed E-state index contributed by atoms with van der Waals surface area (Å²) in [7, 11) is 1.49. The average Bonchev–Trinajstić information content (AvgIpc) is 2.72. The molecule has 1 aromatic heterocycles. The van der Waals surface area contributed by atoms with Crippen LogP contribution in [0.4, 0.5) is 0 Å². The van der Waals surface area contributed by atoms with Gasteiger partial charge in [0.05, 0.1) is 13.2 Å². The van der Waals surface area contributed by atoms with E-state index >= 15 is 0 Å². The number of pyridine rings is 1. The van der Waals surface area contributed by atoms with Crippen LogP contribution in [0.1, 0.15) is 42.5 Å². The topological polar surface area (TPSA) is 84.0 Å². The molecule has 0 spiro atoms. The molecule has 2 saturated heterocycles. The van der Waals surface area contributed by atoms with Crippen molar-refractivity contribution >= 4 is 11.8 Å². The molecule has 8 nitrogen and oxygen atoms in total. The number of hydrogen-bond acceptors (Lipinski definition) is 6. The van der Waals surface area contributed by atoms with Crippen molar-refractivity contribution < 1.29 is 19.1 Å². The van der Waals surface area contributed by atoms with E-state index < -0.39 is 0 Å². The number of carbonyl (C=O) groups is 2. The van der Waals surface area contributed by atoms with Gasteiger partial charge >= 0.3 is 0 Å². The molecule has 1 N–H and O–H groups in total. The number of ether oxygens (including phenoxy) is 2. The van der Waals surface area contributed by atoms with Crippen LogP contribution in [-0.4, -0.2) is 84.7 Å². The molecule has 0 radical (unpaired) electrons. The number of rotatable bonds is 6. The lowest BCUT2D eigenvalue weighted by Crippen LogP contribution is -2.57. The molecule has 1 aliphatic carbocycles. The summed E-state index contributed by atoms with van der Waals surface area (Å²) >= 11 is 0. The molecule has 3 heterocycles. The van der Waals surface area contributed by atoms with Crippen LogP contribution in [0.25, 0.3) is 0 Å². The number of piperidine rings is 1. The molecule has 2 amide bonds. The Labute approximate surface area is 171 Å². The van der Waals surface area contributed by atoms with Gasteiger partial charge in [0.2, 0.25) is 11.8 Å². The van der Waals surface area contributed by atoms with E-state index in [1.165, 1.54) is 26.4 Å². The Bertz CT molecular complexity index is 731. The molecule has 29 heavy (non-hydrogen) atoms. The first kappa shape index (κ1) is 20.1. The zero-order chi connectivity index (χ0) is 20.2. The van der Waals surface area contributed by atoms with Crippen LogP contribution >= 0.6 is 0 Å². The number of nitrogens with zero attached hydrogens (tertiary/aromatic N) is 3. The summed E-state index contributed by atoms with van der Waals surface area (Å²) in [6, 6.07) is 4.42. The Morgan fingerprint density at radius 1 is 1.28 bits per heavy atom. The molecule has 4 rings (SSSR count). The zero-order valence-corrected chi connectivity index (χ0v) is 17.0. The molecule has 0 bridgehead atoms. The highest BCUT2D eigenvalue weighted by atomic mass is 16.5. The molecule has 3 fully saturated rings. The van der Waals surface area contributed by atoms with Crippen molar-refractivity contribution in [2.45, 2.75) is 50.3 Å². The number of methoxy groups -OCH3 is 1. The summed E-state index contributed by atoms with van der Waals surface area (Å²) in [5, 5.41) is 2.89. The first-order valence-electron chi connectivity index (χ1n) is 10.6. The summed E-state index contributed by atoms with van der Waals surface area (Å²) in [4.78, 5) is 33.5. The van der Waals surface area contributed by atoms with Gasteiger partial charge in [-0.2, -0.15) is 0 Å². The minimum absolute atomic E-state index is 0.0589. The largest absolute Gasteiger partial charge is 0.480 e. The molecular formula is C21H30N4O4. The van der Waals surface area contributed by atoms with E-state index in [0.717, 1.165) is 32.0 Å². The second-order valence-corrected chi connectivity index (χ2v) is 8.10. The molecule has 1 atom stereocenters. The minimum Gasteiger partial charge on any atom is -0.480 e. The smallest absolute Gasteiger partial charge is 0.256 e. The molecule has 2 aliphatic heterocycles. The van der Waals surface area contributed by atoms with Crippen molar-refractivity contribution in [2.24, 2.45) is 0 Å². The number of aromatic nitrogens is 1. The highest BCUT2D eigenvalue weighted by Gasteiger charge is 2.35. The van der Waals surface area contributed by atoms with Gasteiger partial charge in [0.15, 0.2) is 0 Å². The van der Waals surface area contributed by atoms with Gasteiger partial charge < -0.3 is 24.6 Å². The quantitative estimate of drug-likeness (QED) is 0.766. The third-order valence-electron chi connectivity index (χ3n) is 6.39. The Balaban J connectivity index is 1.28. The summed E-state index contributed by atoms with van der Waals surface area (Å²) in [6.07, 6.45) is 7.42. The van der Waals surface area contributed by atoms with Crippen LogP contribution in [0.2, 0.25) is 0 Å². The van der Waals surface area contributed by atoms with Gasteiger partial charge in [-0.3, -0.25) is 9.59 Å². The Kier molecular flexibility index (Phi) is 6.30. The van der Waals surface area contributed by atoms with Gasteiger partial charge in [0.25, 0.3) is 5.91 Å². The van der Waals surface area contributed by atoms with Crippen LogP contribution in [0, 0.1) is 0 Å². The third-order valence-corrected chi connectivity index (χ3v) is 6.39. The van der Waals surface area contributed by atoms with Crippen molar-refractivity contribution in [3.63, 3.8) is 0 Å². The van der Waals surface area contributed by atoms with Crippen LogP contribution in [0.3, 0.4) is 0 Å². The van der Waals surface area contributed by atoms with E-state index in [4.69, 9.17) is 9.47 Å². The average molecular weight is 402 g/mol. The molecule has 0 aromatic carbocycles. The fraction of sp³-hybridized carbons (Fsp3) is 0.667. The SMILES string of the molecule is COc1ncccc1C(=O)NC[C@H]1CN(C2CCN(C3CCC3)CC2)C(=O)CO1. The first-order valence-corrected chi connectivity index (χ1v) is 10.6. The Morgan fingerprint density at radius 3 is 2.76 bits per heavy atom. The van der Waals surface area contributed by atoms with E-state index in [1.807, 2.05) is 4.90 Å². The standard InChI is InChI=1S/C21H30N4O4/c1-28-21-18(6-3-9-22-21)20(27)23-12-17-13-25(19(26)14-29-17)16-7-10-24(11-8-16)15-4-2-5-15/h3,6,9,15-17H,2,4-5,7-8,10-14H2,1H3,(H,23,27)/t17-/m0/s1. The zero-order valence-electron chi connectivity index (χ0n) is 17.0.